The molecule has 0 aliphatic heterocycles. The van der Waals surface area contributed by atoms with E-state index in [-0.39, 0.29) is 23.6 Å². The molecule has 0 fully saturated rings. The van der Waals surface area contributed by atoms with Gasteiger partial charge in [-0.2, -0.15) is 5.10 Å². The van der Waals surface area contributed by atoms with Crippen LogP contribution in [0.2, 0.25) is 5.02 Å². The van der Waals surface area contributed by atoms with E-state index in [4.69, 9.17) is 11.6 Å². The molecule has 1 aromatic carbocycles. The number of nitrogens with zero attached hydrogens (tertiary/aromatic N) is 2. The Kier molecular flexibility index (Phi) is 4.90. The van der Waals surface area contributed by atoms with Crippen LogP contribution in [0.1, 0.15) is 27.3 Å². The van der Waals surface area contributed by atoms with Crippen molar-refractivity contribution in [1.29, 1.82) is 0 Å². The van der Waals surface area contributed by atoms with Crippen LogP contribution >= 0.6 is 11.6 Å². The number of hydrogen-bond acceptors (Lipinski definition) is 4. The number of hydrogen-bond donors (Lipinski definition) is 3. The maximum absolute atomic E-state index is 12.0. The number of phenols is 1. The molecule has 0 unspecified atom stereocenters. The maximum atomic E-state index is 12.0. The summed E-state index contributed by atoms with van der Waals surface area (Å²) in [6, 6.07) is 4.08. The van der Waals surface area contributed by atoms with Gasteiger partial charge in [-0.25, -0.2) is 0 Å². The van der Waals surface area contributed by atoms with E-state index in [1.807, 2.05) is 13.8 Å². The molecule has 2 aromatic rings. The Morgan fingerprint density at radius 3 is 2.61 bits per heavy atom. The first-order chi connectivity index (χ1) is 10.8. The molecule has 0 aliphatic carbocycles. The summed E-state index contributed by atoms with van der Waals surface area (Å²) in [4.78, 5) is 23.9. The molecule has 23 heavy (non-hydrogen) atoms. The fourth-order valence-electron chi connectivity index (χ4n) is 2.16. The molecular formula is C15H17ClN4O3. The van der Waals surface area contributed by atoms with Crippen molar-refractivity contribution in [3.63, 3.8) is 0 Å². The fraction of sp³-hybridized carbons (Fsp3) is 0.267. The Hall–Kier alpha value is -2.54. The van der Waals surface area contributed by atoms with Crippen LogP contribution < -0.4 is 10.9 Å². The molecular weight excluding hydrogens is 320 g/mol. The number of nitrogens with one attached hydrogen (secondary N) is 2. The standard InChI is InChI=1S/C15H17ClN4O3/c1-8-11(9(2)20(3)19-8)7-14(22)17-18-15(23)12-6-10(16)4-5-13(12)21/h4-6,21H,7H2,1-3H3,(H,17,22)(H,18,23). The number of phenolic OH excluding ortho intramolecular Hbond substituents is 1. The molecule has 0 aliphatic rings. The van der Waals surface area contributed by atoms with Crippen LogP contribution in [0.15, 0.2) is 18.2 Å². The molecule has 122 valence electrons. The monoisotopic (exact) mass is 336 g/mol. The lowest BCUT2D eigenvalue weighted by molar-refractivity contribution is -0.121. The molecule has 2 amide bonds. The van der Waals surface area contributed by atoms with Crippen LogP contribution in [-0.2, 0) is 18.3 Å². The zero-order valence-corrected chi connectivity index (χ0v) is 13.7. The normalized spacial score (nSPS) is 10.4. The van der Waals surface area contributed by atoms with E-state index in [2.05, 4.69) is 16.0 Å². The van der Waals surface area contributed by atoms with E-state index in [0.29, 0.717) is 5.02 Å². The first-order valence-corrected chi connectivity index (χ1v) is 7.24. The summed E-state index contributed by atoms with van der Waals surface area (Å²) in [6.07, 6.45) is 0.0906. The van der Waals surface area contributed by atoms with Crippen LogP contribution in [0.5, 0.6) is 5.75 Å². The van der Waals surface area contributed by atoms with Gasteiger partial charge in [0.1, 0.15) is 5.75 Å². The van der Waals surface area contributed by atoms with Gasteiger partial charge in [-0.3, -0.25) is 25.1 Å². The van der Waals surface area contributed by atoms with E-state index < -0.39 is 5.91 Å². The minimum atomic E-state index is -0.655. The number of carbonyl (C=O) groups is 2. The number of aromatic nitrogens is 2. The summed E-state index contributed by atoms with van der Waals surface area (Å²) in [5, 5.41) is 14.2. The minimum absolute atomic E-state index is 0.0217. The van der Waals surface area contributed by atoms with Gasteiger partial charge in [-0.15, -0.1) is 0 Å². The highest BCUT2D eigenvalue weighted by Gasteiger charge is 2.15. The van der Waals surface area contributed by atoms with Gasteiger partial charge >= 0.3 is 0 Å². The molecule has 3 N–H and O–H groups in total. The smallest absolute Gasteiger partial charge is 0.273 e. The number of hydrazine groups is 1. The Bertz CT molecular complexity index is 770. The highest BCUT2D eigenvalue weighted by Crippen LogP contribution is 2.21. The lowest BCUT2D eigenvalue weighted by Crippen LogP contribution is -2.42. The molecule has 8 heteroatoms. The van der Waals surface area contributed by atoms with Crippen LogP contribution in [0.3, 0.4) is 0 Å². The van der Waals surface area contributed by atoms with Gasteiger partial charge in [0.25, 0.3) is 5.91 Å². The Labute approximate surface area is 138 Å². The molecule has 0 saturated heterocycles. The van der Waals surface area contributed by atoms with Crippen molar-refractivity contribution in [2.45, 2.75) is 20.3 Å². The van der Waals surface area contributed by atoms with E-state index in [9.17, 15) is 14.7 Å². The zero-order chi connectivity index (χ0) is 17.1. The van der Waals surface area contributed by atoms with Crippen molar-refractivity contribution < 1.29 is 14.7 Å². The van der Waals surface area contributed by atoms with Crippen LogP contribution in [0.25, 0.3) is 0 Å². The minimum Gasteiger partial charge on any atom is -0.507 e. The highest BCUT2D eigenvalue weighted by molar-refractivity contribution is 6.31. The van der Waals surface area contributed by atoms with E-state index >= 15 is 0 Å². The highest BCUT2D eigenvalue weighted by atomic mass is 35.5. The van der Waals surface area contributed by atoms with Gasteiger partial charge in [-0.1, -0.05) is 11.6 Å². The number of carbonyl (C=O) groups excluding carboxylic acids is 2. The molecule has 0 saturated carbocycles. The fourth-order valence-corrected chi connectivity index (χ4v) is 2.33. The van der Waals surface area contributed by atoms with Gasteiger partial charge in [0.15, 0.2) is 0 Å². The summed E-state index contributed by atoms with van der Waals surface area (Å²) in [7, 11) is 1.80. The molecule has 7 nitrogen and oxygen atoms in total. The molecule has 0 spiro atoms. The molecule has 1 aromatic heterocycles. The predicted molar refractivity (Wildman–Crippen MR) is 85.1 cm³/mol. The summed E-state index contributed by atoms with van der Waals surface area (Å²) in [5.41, 5.74) is 7.00. The second-order valence-electron chi connectivity index (χ2n) is 5.11. The number of benzene rings is 1. The zero-order valence-electron chi connectivity index (χ0n) is 13.0. The molecule has 2 rings (SSSR count). The second-order valence-corrected chi connectivity index (χ2v) is 5.55. The van der Waals surface area contributed by atoms with Gasteiger partial charge in [0, 0.05) is 23.3 Å². The van der Waals surface area contributed by atoms with E-state index in [1.54, 1.807) is 11.7 Å². The predicted octanol–water partition coefficient (Wildman–Crippen LogP) is 1.40. The SMILES string of the molecule is Cc1nn(C)c(C)c1CC(=O)NNC(=O)c1cc(Cl)ccc1O. The topological polar surface area (TPSA) is 96.3 Å². The van der Waals surface area contributed by atoms with Gasteiger partial charge < -0.3 is 5.11 Å². The first kappa shape index (κ1) is 16.8. The molecule has 1 heterocycles. The summed E-state index contributed by atoms with van der Waals surface area (Å²) in [6.45, 7) is 3.68. The average molecular weight is 337 g/mol. The first-order valence-electron chi connectivity index (χ1n) is 6.86. The van der Waals surface area contributed by atoms with E-state index in [1.165, 1.54) is 18.2 Å². The summed E-state index contributed by atoms with van der Waals surface area (Å²) < 4.78 is 1.69. The number of halogens is 1. The lowest BCUT2D eigenvalue weighted by Gasteiger charge is -2.09. The maximum Gasteiger partial charge on any atom is 0.273 e. The summed E-state index contributed by atoms with van der Waals surface area (Å²) >= 11 is 5.78. The second kappa shape index (κ2) is 6.70. The van der Waals surface area contributed by atoms with Crippen molar-refractivity contribution in [3.8, 4) is 5.75 Å². The average Bonchev–Trinajstić information content (AvgIpc) is 2.73. The number of aryl methyl sites for hydroxylation is 2. The number of aromatic hydroxyl groups is 1. The number of rotatable bonds is 3. The van der Waals surface area contributed by atoms with Crippen molar-refractivity contribution >= 4 is 23.4 Å². The largest absolute Gasteiger partial charge is 0.507 e. The van der Waals surface area contributed by atoms with Crippen molar-refractivity contribution in [2.75, 3.05) is 0 Å². The van der Waals surface area contributed by atoms with Crippen molar-refractivity contribution in [3.05, 3.63) is 45.7 Å². The Morgan fingerprint density at radius 1 is 1.30 bits per heavy atom. The Balaban J connectivity index is 1.99. The molecule has 0 atom stereocenters. The van der Waals surface area contributed by atoms with Crippen LogP contribution in [0, 0.1) is 13.8 Å². The number of amides is 2. The molecule has 0 radical (unpaired) electrons. The third-order valence-electron chi connectivity index (χ3n) is 3.51. The van der Waals surface area contributed by atoms with Crippen molar-refractivity contribution in [2.24, 2.45) is 7.05 Å². The van der Waals surface area contributed by atoms with Gasteiger partial charge in [0.2, 0.25) is 5.91 Å². The summed E-state index contributed by atoms with van der Waals surface area (Å²) in [5.74, 6) is -1.27. The quantitative estimate of drug-likeness (QED) is 0.738. The van der Waals surface area contributed by atoms with Crippen molar-refractivity contribution in [1.82, 2.24) is 20.6 Å². The van der Waals surface area contributed by atoms with Gasteiger partial charge in [0.05, 0.1) is 17.7 Å². The van der Waals surface area contributed by atoms with Crippen LogP contribution in [-0.4, -0.2) is 26.7 Å². The van der Waals surface area contributed by atoms with Crippen LogP contribution in [0.4, 0.5) is 0 Å². The lowest BCUT2D eigenvalue weighted by atomic mass is 10.1. The third-order valence-corrected chi connectivity index (χ3v) is 3.75. The third kappa shape index (κ3) is 3.81. The van der Waals surface area contributed by atoms with Gasteiger partial charge in [-0.05, 0) is 32.0 Å². The Morgan fingerprint density at radius 2 is 2.00 bits per heavy atom. The molecule has 0 bridgehead atoms. The van der Waals surface area contributed by atoms with E-state index in [0.717, 1.165) is 17.0 Å².